The van der Waals surface area contributed by atoms with Crippen LogP contribution in [0.3, 0.4) is 0 Å². The van der Waals surface area contributed by atoms with E-state index < -0.39 is 0 Å². The third-order valence-corrected chi connectivity index (χ3v) is 3.95. The number of aryl methyl sites for hydroxylation is 3. The van der Waals surface area contributed by atoms with Gasteiger partial charge >= 0.3 is 0 Å². The average Bonchev–Trinajstić information content (AvgIpc) is 2.72. The molecule has 0 amide bonds. The second kappa shape index (κ2) is 4.16. The van der Waals surface area contributed by atoms with E-state index in [1.165, 1.54) is 32.9 Å². The van der Waals surface area contributed by atoms with E-state index in [1.807, 2.05) is 0 Å². The summed E-state index contributed by atoms with van der Waals surface area (Å²) in [4.78, 5) is 0. The molecule has 1 heteroatoms. The molecule has 0 fully saturated rings. The molecule has 0 unspecified atom stereocenters. The SMILES string of the molecule is CCc1c(C)ccc2c1c1ccccc1n2CC. The van der Waals surface area contributed by atoms with Crippen LogP contribution in [0.4, 0.5) is 0 Å². The van der Waals surface area contributed by atoms with Gasteiger partial charge in [0.2, 0.25) is 0 Å². The molecule has 0 aliphatic rings. The minimum Gasteiger partial charge on any atom is -0.341 e. The van der Waals surface area contributed by atoms with Crippen LogP contribution in [0.2, 0.25) is 0 Å². The van der Waals surface area contributed by atoms with E-state index in [-0.39, 0.29) is 0 Å². The summed E-state index contributed by atoms with van der Waals surface area (Å²) >= 11 is 0. The molecular weight excluding hydrogens is 218 g/mol. The molecule has 0 radical (unpaired) electrons. The van der Waals surface area contributed by atoms with Crippen molar-refractivity contribution in [2.45, 2.75) is 33.7 Å². The van der Waals surface area contributed by atoms with Crippen molar-refractivity contribution in [1.82, 2.24) is 4.57 Å². The predicted molar refractivity (Wildman–Crippen MR) is 79.2 cm³/mol. The summed E-state index contributed by atoms with van der Waals surface area (Å²) in [6.45, 7) is 7.71. The van der Waals surface area contributed by atoms with Crippen LogP contribution in [0.15, 0.2) is 36.4 Å². The number of nitrogens with zero attached hydrogens (tertiary/aromatic N) is 1. The first-order valence-electron chi connectivity index (χ1n) is 6.77. The Labute approximate surface area is 108 Å². The van der Waals surface area contributed by atoms with Gasteiger partial charge in [-0.15, -0.1) is 0 Å². The number of hydrogen-bond donors (Lipinski definition) is 0. The van der Waals surface area contributed by atoms with Crippen molar-refractivity contribution in [3.63, 3.8) is 0 Å². The molecule has 0 aliphatic carbocycles. The van der Waals surface area contributed by atoms with Crippen molar-refractivity contribution in [3.8, 4) is 0 Å². The lowest BCUT2D eigenvalue weighted by molar-refractivity contribution is 0.827. The van der Waals surface area contributed by atoms with E-state index in [1.54, 1.807) is 0 Å². The highest BCUT2D eigenvalue weighted by Gasteiger charge is 2.12. The van der Waals surface area contributed by atoms with Gasteiger partial charge in [0.15, 0.2) is 0 Å². The highest BCUT2D eigenvalue weighted by atomic mass is 15.0. The normalized spacial score (nSPS) is 11.5. The quantitative estimate of drug-likeness (QED) is 0.609. The summed E-state index contributed by atoms with van der Waals surface area (Å²) in [5.74, 6) is 0. The summed E-state index contributed by atoms with van der Waals surface area (Å²) in [6, 6.07) is 13.3. The molecule has 3 aromatic rings. The van der Waals surface area contributed by atoms with Crippen molar-refractivity contribution in [2.75, 3.05) is 0 Å². The topological polar surface area (TPSA) is 4.93 Å². The van der Waals surface area contributed by atoms with Crippen LogP contribution in [0.1, 0.15) is 25.0 Å². The third kappa shape index (κ3) is 1.40. The van der Waals surface area contributed by atoms with Gasteiger partial charge in [-0.05, 0) is 43.5 Å². The summed E-state index contributed by atoms with van der Waals surface area (Å²) in [5.41, 5.74) is 5.64. The molecule has 0 atom stereocenters. The van der Waals surface area contributed by atoms with Crippen LogP contribution in [0, 0.1) is 6.92 Å². The third-order valence-electron chi connectivity index (χ3n) is 3.95. The molecule has 1 nitrogen and oxygen atoms in total. The molecular formula is C17H19N. The Balaban J connectivity index is 2.60. The number of hydrogen-bond acceptors (Lipinski definition) is 0. The van der Waals surface area contributed by atoms with E-state index in [2.05, 4.69) is 61.7 Å². The molecule has 0 saturated carbocycles. The lowest BCUT2D eigenvalue weighted by Crippen LogP contribution is -1.94. The molecule has 0 saturated heterocycles. The van der Waals surface area contributed by atoms with Gasteiger partial charge < -0.3 is 4.57 Å². The van der Waals surface area contributed by atoms with Crippen LogP contribution >= 0.6 is 0 Å². The highest BCUT2D eigenvalue weighted by molar-refractivity contribution is 6.10. The summed E-state index contributed by atoms with van der Waals surface area (Å²) < 4.78 is 2.42. The van der Waals surface area contributed by atoms with Crippen LogP contribution in [0.25, 0.3) is 21.8 Å². The second-order valence-corrected chi connectivity index (χ2v) is 4.87. The second-order valence-electron chi connectivity index (χ2n) is 4.87. The molecule has 0 spiro atoms. The van der Waals surface area contributed by atoms with E-state index in [4.69, 9.17) is 0 Å². The number of aromatic nitrogens is 1. The lowest BCUT2D eigenvalue weighted by atomic mass is 9.99. The minimum absolute atomic E-state index is 1.02. The van der Waals surface area contributed by atoms with Crippen molar-refractivity contribution in [1.29, 1.82) is 0 Å². The molecule has 0 bridgehead atoms. The Hall–Kier alpha value is -1.76. The molecule has 2 aromatic carbocycles. The van der Waals surface area contributed by atoms with Crippen LogP contribution < -0.4 is 0 Å². The van der Waals surface area contributed by atoms with Gasteiger partial charge in [-0.2, -0.15) is 0 Å². The first-order valence-corrected chi connectivity index (χ1v) is 6.77. The monoisotopic (exact) mass is 237 g/mol. The van der Waals surface area contributed by atoms with Crippen LogP contribution in [-0.4, -0.2) is 4.57 Å². The predicted octanol–water partition coefficient (Wildman–Crippen LogP) is 4.69. The van der Waals surface area contributed by atoms with E-state index in [9.17, 15) is 0 Å². The van der Waals surface area contributed by atoms with Crippen molar-refractivity contribution in [2.24, 2.45) is 0 Å². The zero-order valence-electron chi connectivity index (χ0n) is 11.3. The Morgan fingerprint density at radius 3 is 2.44 bits per heavy atom. The van der Waals surface area contributed by atoms with Gasteiger partial charge in [0.05, 0.1) is 0 Å². The maximum atomic E-state index is 2.42. The fourth-order valence-corrected chi connectivity index (χ4v) is 3.11. The summed E-state index contributed by atoms with van der Waals surface area (Å²) in [5, 5.41) is 2.85. The van der Waals surface area contributed by atoms with Gasteiger partial charge in [0.25, 0.3) is 0 Å². The number of benzene rings is 2. The van der Waals surface area contributed by atoms with Crippen molar-refractivity contribution >= 4 is 21.8 Å². The van der Waals surface area contributed by atoms with Crippen molar-refractivity contribution in [3.05, 3.63) is 47.5 Å². The van der Waals surface area contributed by atoms with Crippen LogP contribution in [0.5, 0.6) is 0 Å². The van der Waals surface area contributed by atoms with Crippen molar-refractivity contribution < 1.29 is 0 Å². The zero-order valence-corrected chi connectivity index (χ0v) is 11.3. The standard InChI is InChI=1S/C17H19N/c1-4-13-12(3)10-11-16-17(13)14-8-6-7-9-15(14)18(16)5-2/h6-11H,4-5H2,1-3H3. The first-order chi connectivity index (χ1) is 8.77. The Kier molecular flexibility index (Phi) is 2.62. The summed E-state index contributed by atoms with van der Waals surface area (Å²) in [6.07, 6.45) is 1.10. The fraction of sp³-hybridized carbons (Fsp3) is 0.294. The van der Waals surface area contributed by atoms with Gasteiger partial charge in [0, 0.05) is 28.4 Å². The molecule has 0 aliphatic heterocycles. The molecule has 0 N–H and O–H groups in total. The molecule has 92 valence electrons. The lowest BCUT2D eigenvalue weighted by Gasteiger charge is -2.07. The smallest absolute Gasteiger partial charge is 0.0494 e. The van der Waals surface area contributed by atoms with Gasteiger partial charge in [-0.25, -0.2) is 0 Å². The number of rotatable bonds is 2. The van der Waals surface area contributed by atoms with Crippen LogP contribution in [-0.2, 0) is 13.0 Å². The fourth-order valence-electron chi connectivity index (χ4n) is 3.11. The number of para-hydroxylation sites is 1. The van der Waals surface area contributed by atoms with E-state index in [0.717, 1.165) is 13.0 Å². The van der Waals surface area contributed by atoms with Gasteiger partial charge in [-0.3, -0.25) is 0 Å². The largest absolute Gasteiger partial charge is 0.341 e. The van der Waals surface area contributed by atoms with E-state index in [0.29, 0.717) is 0 Å². The average molecular weight is 237 g/mol. The zero-order chi connectivity index (χ0) is 12.7. The maximum absolute atomic E-state index is 2.42. The van der Waals surface area contributed by atoms with Gasteiger partial charge in [-0.1, -0.05) is 31.2 Å². The maximum Gasteiger partial charge on any atom is 0.0494 e. The minimum atomic E-state index is 1.02. The molecule has 18 heavy (non-hydrogen) atoms. The molecule has 1 aromatic heterocycles. The Morgan fingerprint density at radius 2 is 1.72 bits per heavy atom. The Bertz CT molecular complexity index is 719. The first kappa shape index (κ1) is 11.3. The summed E-state index contributed by atoms with van der Waals surface area (Å²) in [7, 11) is 0. The molecule has 3 rings (SSSR count). The number of fused-ring (bicyclic) bond motifs is 3. The van der Waals surface area contributed by atoms with Gasteiger partial charge in [0.1, 0.15) is 0 Å². The van der Waals surface area contributed by atoms with E-state index >= 15 is 0 Å². The Morgan fingerprint density at radius 1 is 0.944 bits per heavy atom. The highest BCUT2D eigenvalue weighted by Crippen LogP contribution is 2.33. The molecule has 1 heterocycles.